The van der Waals surface area contributed by atoms with Crippen molar-refractivity contribution in [2.45, 2.75) is 27.2 Å². The van der Waals surface area contributed by atoms with Gasteiger partial charge in [0.25, 0.3) is 0 Å². The van der Waals surface area contributed by atoms with Crippen molar-refractivity contribution in [2.24, 2.45) is 11.3 Å². The molecule has 0 fully saturated rings. The molecule has 0 aliphatic heterocycles. The van der Waals surface area contributed by atoms with E-state index in [4.69, 9.17) is 5.26 Å². The maximum absolute atomic E-state index is 12.1. The van der Waals surface area contributed by atoms with Crippen molar-refractivity contribution in [3.05, 3.63) is 28.2 Å². The van der Waals surface area contributed by atoms with Gasteiger partial charge in [-0.3, -0.25) is 9.59 Å². The van der Waals surface area contributed by atoms with E-state index in [1.54, 1.807) is 39.0 Å². The summed E-state index contributed by atoms with van der Waals surface area (Å²) in [6.07, 6.45) is -0.152. The zero-order valence-corrected chi connectivity index (χ0v) is 13.7. The van der Waals surface area contributed by atoms with E-state index in [1.165, 1.54) is 0 Å². The molecule has 1 aromatic carbocycles. The first kappa shape index (κ1) is 17.2. The van der Waals surface area contributed by atoms with Crippen molar-refractivity contribution in [3.63, 3.8) is 0 Å². The molecule has 1 atom stereocenters. The van der Waals surface area contributed by atoms with Crippen LogP contribution in [0.25, 0.3) is 0 Å². The van der Waals surface area contributed by atoms with Gasteiger partial charge in [-0.25, -0.2) is 0 Å². The zero-order valence-electron chi connectivity index (χ0n) is 12.1. The molecule has 0 spiro atoms. The lowest BCUT2D eigenvalue weighted by molar-refractivity contribution is -0.153. The number of aliphatic carboxylic acids is 1. The molecule has 0 heterocycles. The van der Waals surface area contributed by atoms with Gasteiger partial charge in [0, 0.05) is 10.9 Å². The molecule has 6 heteroatoms. The number of carbonyl (C=O) groups excluding carboxylic acids is 1. The van der Waals surface area contributed by atoms with E-state index in [1.807, 2.05) is 6.07 Å². The maximum Gasteiger partial charge on any atom is 0.310 e. The van der Waals surface area contributed by atoms with Crippen LogP contribution in [-0.4, -0.2) is 17.0 Å². The number of rotatable bonds is 5. The molecular weight excluding hydrogens is 336 g/mol. The molecule has 0 aliphatic rings. The summed E-state index contributed by atoms with van der Waals surface area (Å²) >= 11 is 3.25. The van der Waals surface area contributed by atoms with Crippen molar-refractivity contribution in [2.75, 3.05) is 5.32 Å². The number of carboxylic acids is 1. The van der Waals surface area contributed by atoms with Gasteiger partial charge in [-0.1, -0.05) is 29.8 Å². The number of nitrogens with one attached hydrogen (secondary N) is 1. The minimum absolute atomic E-state index is 0.152. The van der Waals surface area contributed by atoms with Crippen molar-refractivity contribution in [3.8, 4) is 6.07 Å². The number of benzene rings is 1. The lowest BCUT2D eigenvalue weighted by atomic mass is 9.76. The maximum atomic E-state index is 12.1. The van der Waals surface area contributed by atoms with Crippen molar-refractivity contribution in [1.29, 1.82) is 5.26 Å². The Balaban J connectivity index is 2.93. The van der Waals surface area contributed by atoms with Gasteiger partial charge >= 0.3 is 5.97 Å². The highest BCUT2D eigenvalue weighted by Crippen LogP contribution is 2.32. The van der Waals surface area contributed by atoms with Crippen molar-refractivity contribution >= 4 is 33.5 Å². The van der Waals surface area contributed by atoms with Crippen molar-refractivity contribution < 1.29 is 14.7 Å². The fourth-order valence-corrected chi connectivity index (χ4v) is 2.13. The molecule has 5 nitrogen and oxygen atoms in total. The summed E-state index contributed by atoms with van der Waals surface area (Å²) in [6.45, 7) is 5.08. The van der Waals surface area contributed by atoms with E-state index in [9.17, 15) is 14.7 Å². The molecule has 0 saturated heterocycles. The number of hydrogen-bond donors (Lipinski definition) is 2. The minimum atomic E-state index is -1.15. The average Bonchev–Trinajstić information content (AvgIpc) is 2.40. The summed E-state index contributed by atoms with van der Waals surface area (Å²) in [5.41, 5.74) is -0.451. The summed E-state index contributed by atoms with van der Waals surface area (Å²) in [6, 6.07) is 6.89. The van der Waals surface area contributed by atoms with Crippen LogP contribution in [0.4, 0.5) is 5.69 Å². The van der Waals surface area contributed by atoms with E-state index >= 15 is 0 Å². The van der Waals surface area contributed by atoms with Gasteiger partial charge in [0.05, 0.1) is 16.7 Å². The normalized spacial score (nSPS) is 13.3. The third-order valence-electron chi connectivity index (χ3n) is 3.67. The van der Waals surface area contributed by atoms with E-state index in [2.05, 4.69) is 21.2 Å². The van der Waals surface area contributed by atoms with Crippen LogP contribution in [0, 0.1) is 22.7 Å². The Morgan fingerprint density at radius 3 is 2.57 bits per heavy atom. The summed E-state index contributed by atoms with van der Waals surface area (Å²) in [5.74, 6) is -1.63. The molecule has 112 valence electrons. The highest BCUT2D eigenvalue weighted by molar-refractivity contribution is 9.10. The molecule has 1 amide bonds. The molecule has 1 unspecified atom stereocenters. The first-order valence-electron chi connectivity index (χ1n) is 6.43. The smallest absolute Gasteiger partial charge is 0.310 e. The summed E-state index contributed by atoms with van der Waals surface area (Å²) in [7, 11) is 0. The second-order valence-corrected chi connectivity index (χ2v) is 6.32. The third-order valence-corrected chi connectivity index (χ3v) is 4.16. The summed E-state index contributed by atoms with van der Waals surface area (Å²) in [4.78, 5) is 23.5. The number of anilines is 1. The Morgan fingerprint density at radius 2 is 2.10 bits per heavy atom. The Morgan fingerprint density at radius 1 is 1.48 bits per heavy atom. The van der Waals surface area contributed by atoms with Gasteiger partial charge in [0.2, 0.25) is 5.91 Å². The Kier molecular flexibility index (Phi) is 5.50. The zero-order chi connectivity index (χ0) is 16.2. The molecule has 0 aliphatic carbocycles. The number of halogens is 1. The number of carboxylic acid groups (broad SMARTS) is 1. The number of nitrogens with zero attached hydrogens (tertiary/aromatic N) is 1. The van der Waals surface area contributed by atoms with Gasteiger partial charge in [-0.15, -0.1) is 0 Å². The van der Waals surface area contributed by atoms with Crippen molar-refractivity contribution in [1.82, 2.24) is 0 Å². The van der Waals surface area contributed by atoms with Gasteiger partial charge < -0.3 is 10.4 Å². The second kappa shape index (κ2) is 6.72. The van der Waals surface area contributed by atoms with Crippen LogP contribution >= 0.6 is 15.9 Å². The first-order valence-corrected chi connectivity index (χ1v) is 7.23. The topological polar surface area (TPSA) is 90.2 Å². The molecular formula is C15H17BrN2O3. The minimum Gasteiger partial charge on any atom is -0.481 e. The molecule has 0 aromatic heterocycles. The van der Waals surface area contributed by atoms with Gasteiger partial charge in [-0.2, -0.15) is 5.26 Å². The van der Waals surface area contributed by atoms with Crippen LogP contribution < -0.4 is 5.32 Å². The van der Waals surface area contributed by atoms with Gasteiger partial charge in [0.15, 0.2) is 0 Å². The monoisotopic (exact) mass is 352 g/mol. The van der Waals surface area contributed by atoms with E-state index < -0.39 is 17.3 Å². The lowest BCUT2D eigenvalue weighted by Gasteiger charge is -2.28. The second-order valence-electron chi connectivity index (χ2n) is 5.40. The lowest BCUT2D eigenvalue weighted by Crippen LogP contribution is -2.37. The van der Waals surface area contributed by atoms with E-state index in [0.717, 1.165) is 4.47 Å². The highest BCUT2D eigenvalue weighted by Gasteiger charge is 2.38. The van der Waals surface area contributed by atoms with Gasteiger partial charge in [-0.05, 0) is 31.0 Å². The molecule has 2 N–H and O–H groups in total. The number of amides is 1. The van der Waals surface area contributed by atoms with Crippen LogP contribution in [0.1, 0.15) is 32.8 Å². The highest BCUT2D eigenvalue weighted by atomic mass is 79.9. The number of nitriles is 1. The molecule has 0 radical (unpaired) electrons. The third kappa shape index (κ3) is 4.05. The Labute approximate surface area is 132 Å². The first-order chi connectivity index (χ1) is 9.70. The van der Waals surface area contributed by atoms with Crippen LogP contribution in [0.5, 0.6) is 0 Å². The average molecular weight is 353 g/mol. The Hall–Kier alpha value is -1.87. The van der Waals surface area contributed by atoms with Gasteiger partial charge in [0.1, 0.15) is 6.07 Å². The number of carbonyl (C=O) groups is 2. The standard InChI is InChI=1S/C15H17BrN2O3/c1-9(2)15(3,14(20)21)7-13(19)18-12-5-4-11(16)6-10(12)8-17/h4-6,9H,7H2,1-3H3,(H,18,19)(H,20,21). The largest absolute Gasteiger partial charge is 0.481 e. The van der Waals surface area contributed by atoms with E-state index in [-0.39, 0.29) is 12.3 Å². The van der Waals surface area contributed by atoms with Crippen LogP contribution in [0.15, 0.2) is 22.7 Å². The summed E-state index contributed by atoms with van der Waals surface area (Å²) in [5, 5.41) is 21.0. The van der Waals surface area contributed by atoms with Crippen LogP contribution in [0.3, 0.4) is 0 Å². The molecule has 21 heavy (non-hydrogen) atoms. The fourth-order valence-electron chi connectivity index (χ4n) is 1.77. The predicted octanol–water partition coefficient (Wildman–Crippen LogP) is 3.40. The number of hydrogen-bond acceptors (Lipinski definition) is 3. The van der Waals surface area contributed by atoms with E-state index in [0.29, 0.717) is 11.3 Å². The molecule has 0 bridgehead atoms. The quantitative estimate of drug-likeness (QED) is 0.849. The SMILES string of the molecule is CC(C)C(C)(CC(=O)Nc1ccc(Br)cc1C#N)C(=O)O. The molecule has 1 aromatic rings. The molecule has 1 rings (SSSR count). The predicted molar refractivity (Wildman–Crippen MR) is 82.7 cm³/mol. The Bertz CT molecular complexity index is 607. The van der Waals surface area contributed by atoms with Crippen LogP contribution in [-0.2, 0) is 9.59 Å². The summed E-state index contributed by atoms with van der Waals surface area (Å²) < 4.78 is 0.731. The fraction of sp³-hybridized carbons (Fsp3) is 0.400. The molecule has 0 saturated carbocycles. The van der Waals surface area contributed by atoms with Crippen LogP contribution in [0.2, 0.25) is 0 Å².